The number of aromatic nitrogens is 2. The van der Waals surface area contributed by atoms with Crippen molar-refractivity contribution in [1.29, 1.82) is 0 Å². The highest BCUT2D eigenvalue weighted by Crippen LogP contribution is 2.30. The number of fused-ring (bicyclic) bond motifs is 1. The topological polar surface area (TPSA) is 93.5 Å². The highest BCUT2D eigenvalue weighted by Gasteiger charge is 2.48. The van der Waals surface area contributed by atoms with E-state index in [-0.39, 0.29) is 43.4 Å². The van der Waals surface area contributed by atoms with Gasteiger partial charge in [-0.05, 0) is 49.2 Å². The van der Waals surface area contributed by atoms with Crippen molar-refractivity contribution in [3.63, 3.8) is 0 Å². The van der Waals surface area contributed by atoms with Crippen molar-refractivity contribution >= 4 is 29.4 Å². The molecule has 0 saturated carbocycles. The van der Waals surface area contributed by atoms with Gasteiger partial charge in [0, 0.05) is 24.2 Å². The summed E-state index contributed by atoms with van der Waals surface area (Å²) in [5.74, 6) is -1.88. The quantitative estimate of drug-likeness (QED) is 0.502. The summed E-state index contributed by atoms with van der Waals surface area (Å²) >= 11 is 6.00. The minimum Gasteiger partial charge on any atom is -0.461 e. The molecule has 2 aromatic carbocycles. The van der Waals surface area contributed by atoms with Crippen molar-refractivity contribution in [3.8, 4) is 0 Å². The molecule has 1 atom stereocenters. The summed E-state index contributed by atoms with van der Waals surface area (Å²) in [6.07, 6.45) is 0. The number of halogens is 2. The SMILES string of the molecule is CCOC(=O)c1cc2n(n1)C[C@](C)(C(=O)NCc1ccc(F)cc1)N(Cc1ccc(Cl)cc1)C2=O. The molecular weight excluding hydrogens is 475 g/mol. The Morgan fingerprint density at radius 2 is 1.80 bits per heavy atom. The maximum absolute atomic E-state index is 13.6. The third-order valence-electron chi connectivity index (χ3n) is 5.89. The van der Waals surface area contributed by atoms with Crippen LogP contribution in [0, 0.1) is 5.82 Å². The predicted molar refractivity (Wildman–Crippen MR) is 126 cm³/mol. The first kappa shape index (κ1) is 24.4. The molecule has 1 aliphatic heterocycles. The van der Waals surface area contributed by atoms with Crippen LogP contribution < -0.4 is 5.32 Å². The number of benzene rings is 2. The van der Waals surface area contributed by atoms with Crippen LogP contribution in [0.25, 0.3) is 0 Å². The largest absolute Gasteiger partial charge is 0.461 e. The summed E-state index contributed by atoms with van der Waals surface area (Å²) < 4.78 is 19.6. The molecule has 35 heavy (non-hydrogen) atoms. The molecule has 0 saturated heterocycles. The highest BCUT2D eigenvalue weighted by atomic mass is 35.5. The van der Waals surface area contributed by atoms with E-state index in [1.54, 1.807) is 50.2 Å². The number of hydrogen-bond donors (Lipinski definition) is 1. The second kappa shape index (κ2) is 9.87. The lowest BCUT2D eigenvalue weighted by molar-refractivity contribution is -0.133. The van der Waals surface area contributed by atoms with Crippen molar-refractivity contribution < 1.29 is 23.5 Å². The Balaban J connectivity index is 1.66. The Bertz CT molecular complexity index is 1260. The number of ether oxygens (including phenoxy) is 1. The number of esters is 1. The maximum Gasteiger partial charge on any atom is 0.358 e. The number of nitrogens with zero attached hydrogens (tertiary/aromatic N) is 3. The molecule has 4 rings (SSSR count). The van der Waals surface area contributed by atoms with Gasteiger partial charge in [0.1, 0.15) is 17.1 Å². The van der Waals surface area contributed by atoms with E-state index in [0.717, 1.165) is 5.56 Å². The molecule has 1 aromatic heterocycles. The maximum atomic E-state index is 13.6. The summed E-state index contributed by atoms with van der Waals surface area (Å²) in [7, 11) is 0. The summed E-state index contributed by atoms with van der Waals surface area (Å²) in [5, 5.41) is 7.63. The van der Waals surface area contributed by atoms with E-state index >= 15 is 0 Å². The van der Waals surface area contributed by atoms with Crippen LogP contribution in [0.1, 0.15) is 46.0 Å². The Hall–Kier alpha value is -3.72. The Morgan fingerprint density at radius 3 is 2.46 bits per heavy atom. The smallest absolute Gasteiger partial charge is 0.358 e. The van der Waals surface area contributed by atoms with Crippen molar-refractivity contribution in [2.75, 3.05) is 6.61 Å². The second-order valence-corrected chi connectivity index (χ2v) is 8.83. The Morgan fingerprint density at radius 1 is 1.14 bits per heavy atom. The fraction of sp³-hybridized carbons (Fsp3) is 0.280. The van der Waals surface area contributed by atoms with Gasteiger partial charge < -0.3 is 15.0 Å². The van der Waals surface area contributed by atoms with Crippen LogP contribution in [0.5, 0.6) is 0 Å². The Kier molecular flexibility index (Phi) is 6.88. The normalized spacial score (nSPS) is 17.1. The van der Waals surface area contributed by atoms with Crippen LogP contribution in [-0.2, 0) is 29.2 Å². The molecule has 0 radical (unpaired) electrons. The molecule has 2 amide bonds. The molecule has 0 bridgehead atoms. The zero-order valence-electron chi connectivity index (χ0n) is 19.3. The molecule has 182 valence electrons. The van der Waals surface area contributed by atoms with Gasteiger partial charge in [0.25, 0.3) is 5.91 Å². The van der Waals surface area contributed by atoms with Gasteiger partial charge in [-0.15, -0.1) is 0 Å². The van der Waals surface area contributed by atoms with Gasteiger partial charge in [-0.25, -0.2) is 9.18 Å². The summed E-state index contributed by atoms with van der Waals surface area (Å²) in [5.41, 5.74) is 0.336. The fourth-order valence-electron chi connectivity index (χ4n) is 3.94. The van der Waals surface area contributed by atoms with Crippen LogP contribution in [0.15, 0.2) is 54.6 Å². The number of carbonyl (C=O) groups is 3. The molecule has 1 aliphatic rings. The van der Waals surface area contributed by atoms with Gasteiger partial charge in [-0.1, -0.05) is 35.9 Å². The zero-order valence-corrected chi connectivity index (χ0v) is 20.0. The lowest BCUT2D eigenvalue weighted by Crippen LogP contribution is -2.63. The molecule has 0 spiro atoms. The lowest BCUT2D eigenvalue weighted by Gasteiger charge is -2.43. The second-order valence-electron chi connectivity index (χ2n) is 8.39. The van der Waals surface area contributed by atoms with Crippen molar-refractivity contribution in [1.82, 2.24) is 20.0 Å². The summed E-state index contributed by atoms with van der Waals surface area (Å²) in [4.78, 5) is 40.7. The third kappa shape index (κ3) is 5.05. The Labute approximate surface area is 206 Å². The number of carbonyl (C=O) groups excluding carboxylic acids is 3. The van der Waals surface area contributed by atoms with Gasteiger partial charge in [-0.3, -0.25) is 14.3 Å². The molecule has 0 aliphatic carbocycles. The van der Waals surface area contributed by atoms with Crippen LogP contribution in [-0.4, -0.2) is 44.6 Å². The van der Waals surface area contributed by atoms with E-state index in [9.17, 15) is 18.8 Å². The summed E-state index contributed by atoms with van der Waals surface area (Å²) in [6.45, 7) is 3.80. The van der Waals surface area contributed by atoms with Crippen molar-refractivity contribution in [2.45, 2.75) is 39.0 Å². The highest BCUT2D eigenvalue weighted by molar-refractivity contribution is 6.30. The molecular formula is C25H24ClFN4O4. The zero-order chi connectivity index (χ0) is 25.2. The molecule has 0 unspecified atom stereocenters. The number of hydrogen-bond acceptors (Lipinski definition) is 5. The standard InChI is InChI=1S/C25H24ClFN4O4/c1-3-35-23(33)20-12-21-22(32)30(14-17-4-8-18(26)9-5-17)25(2,15-31(21)29-20)24(34)28-13-16-6-10-19(27)11-7-16/h4-12H,3,13-15H2,1-2H3,(H,28,34)/t25-/m1/s1. The monoisotopic (exact) mass is 498 g/mol. The van der Waals surface area contributed by atoms with Crippen molar-refractivity contribution in [3.05, 3.63) is 88.0 Å². The first-order valence-electron chi connectivity index (χ1n) is 11.1. The molecule has 8 nitrogen and oxygen atoms in total. The van der Waals surface area contributed by atoms with E-state index < -0.39 is 23.3 Å². The van der Waals surface area contributed by atoms with E-state index in [0.29, 0.717) is 10.6 Å². The number of amides is 2. The molecule has 3 aromatic rings. The van der Waals surface area contributed by atoms with Crippen LogP contribution >= 0.6 is 11.6 Å². The summed E-state index contributed by atoms with van der Waals surface area (Å²) in [6, 6.07) is 14.1. The predicted octanol–water partition coefficient (Wildman–Crippen LogP) is 3.58. The molecule has 0 fully saturated rings. The number of nitrogens with one attached hydrogen (secondary N) is 1. The van der Waals surface area contributed by atoms with Crippen LogP contribution in [0.3, 0.4) is 0 Å². The minimum absolute atomic E-state index is 0.00221. The fourth-order valence-corrected chi connectivity index (χ4v) is 4.07. The van der Waals surface area contributed by atoms with E-state index in [2.05, 4.69) is 10.4 Å². The van der Waals surface area contributed by atoms with Gasteiger partial charge in [0.05, 0.1) is 13.2 Å². The average molecular weight is 499 g/mol. The molecule has 1 N–H and O–H groups in total. The lowest BCUT2D eigenvalue weighted by atomic mass is 9.94. The molecule has 2 heterocycles. The van der Waals surface area contributed by atoms with E-state index in [4.69, 9.17) is 16.3 Å². The van der Waals surface area contributed by atoms with Gasteiger partial charge >= 0.3 is 5.97 Å². The van der Waals surface area contributed by atoms with Gasteiger partial charge in [-0.2, -0.15) is 5.10 Å². The average Bonchev–Trinajstić information content (AvgIpc) is 3.26. The van der Waals surface area contributed by atoms with E-state index in [1.807, 2.05) is 0 Å². The van der Waals surface area contributed by atoms with Crippen molar-refractivity contribution in [2.24, 2.45) is 0 Å². The van der Waals surface area contributed by atoms with Crippen LogP contribution in [0.2, 0.25) is 5.02 Å². The number of rotatable bonds is 7. The van der Waals surface area contributed by atoms with Gasteiger partial charge in [0.2, 0.25) is 5.91 Å². The first-order valence-corrected chi connectivity index (χ1v) is 11.4. The van der Waals surface area contributed by atoms with Crippen LogP contribution in [0.4, 0.5) is 4.39 Å². The van der Waals surface area contributed by atoms with E-state index in [1.165, 1.54) is 27.8 Å². The molecule has 10 heteroatoms. The third-order valence-corrected chi connectivity index (χ3v) is 6.14. The first-order chi connectivity index (χ1) is 16.7. The van der Waals surface area contributed by atoms with Gasteiger partial charge in [0.15, 0.2) is 5.69 Å². The minimum atomic E-state index is -1.33.